The minimum absolute atomic E-state index is 0.160. The lowest BCUT2D eigenvalue weighted by Gasteiger charge is -2.08. The van der Waals surface area contributed by atoms with E-state index < -0.39 is 0 Å². The van der Waals surface area contributed by atoms with Crippen LogP contribution in [0.1, 0.15) is 11.1 Å². The van der Waals surface area contributed by atoms with Gasteiger partial charge in [-0.3, -0.25) is 9.78 Å². The molecule has 0 saturated heterocycles. The van der Waals surface area contributed by atoms with Crippen LogP contribution in [0.4, 0.5) is 0 Å². The van der Waals surface area contributed by atoms with Crippen molar-refractivity contribution in [1.82, 2.24) is 40.2 Å². The first-order valence-corrected chi connectivity index (χ1v) is 8.61. The highest BCUT2D eigenvalue weighted by molar-refractivity contribution is 5.80. The van der Waals surface area contributed by atoms with Gasteiger partial charge >= 0.3 is 0 Å². The van der Waals surface area contributed by atoms with Gasteiger partial charge in [-0.05, 0) is 21.9 Å². The third kappa shape index (κ3) is 2.84. The van der Waals surface area contributed by atoms with Gasteiger partial charge in [-0.25, -0.2) is 4.52 Å². The summed E-state index contributed by atoms with van der Waals surface area (Å²) in [5.41, 5.74) is 4.43. The van der Waals surface area contributed by atoms with Crippen LogP contribution in [0.15, 0.2) is 65.8 Å². The van der Waals surface area contributed by atoms with Gasteiger partial charge < -0.3 is 0 Å². The standard InChI is InChI=1S/C19H14N8O/c28-18-14(10-27-19(22-18)20-11-21-27)9-12-5-7-13(8-6-12)15-3-1-2-4-16(15)17-23-25-26-24-17/h1-8,10-11H,9H2,(H,20,21,22,28)(H,23,24,25,26). The highest BCUT2D eigenvalue weighted by atomic mass is 16.1. The van der Waals surface area contributed by atoms with Crippen LogP contribution in [0.25, 0.3) is 28.3 Å². The summed E-state index contributed by atoms with van der Waals surface area (Å²) in [4.78, 5) is 19.0. The Balaban J connectivity index is 1.47. The molecular formula is C19H14N8O. The van der Waals surface area contributed by atoms with Gasteiger partial charge in [0.2, 0.25) is 11.6 Å². The molecule has 0 unspecified atom stereocenters. The van der Waals surface area contributed by atoms with Crippen molar-refractivity contribution in [1.29, 1.82) is 0 Å². The normalized spacial score (nSPS) is 11.1. The highest BCUT2D eigenvalue weighted by Gasteiger charge is 2.11. The molecule has 0 radical (unpaired) electrons. The van der Waals surface area contributed by atoms with Gasteiger partial charge in [-0.2, -0.15) is 15.3 Å². The van der Waals surface area contributed by atoms with Crippen LogP contribution in [-0.4, -0.2) is 40.2 Å². The Kier molecular flexibility index (Phi) is 3.75. The number of aromatic nitrogens is 8. The van der Waals surface area contributed by atoms with Crippen molar-refractivity contribution < 1.29 is 0 Å². The van der Waals surface area contributed by atoms with E-state index in [4.69, 9.17) is 0 Å². The topological polar surface area (TPSA) is 118 Å². The second-order valence-electron chi connectivity index (χ2n) is 6.29. The molecule has 9 heteroatoms. The Bertz CT molecular complexity index is 1300. The predicted molar refractivity (Wildman–Crippen MR) is 101 cm³/mol. The minimum Gasteiger partial charge on any atom is -0.291 e. The van der Waals surface area contributed by atoms with E-state index in [1.54, 1.807) is 10.7 Å². The molecule has 0 atom stereocenters. The maximum atomic E-state index is 12.2. The number of benzene rings is 2. The van der Waals surface area contributed by atoms with Crippen LogP contribution < -0.4 is 5.56 Å². The molecule has 0 aliphatic rings. The Morgan fingerprint density at radius 3 is 2.61 bits per heavy atom. The first-order valence-electron chi connectivity index (χ1n) is 8.61. The van der Waals surface area contributed by atoms with Crippen LogP contribution >= 0.6 is 0 Å². The van der Waals surface area contributed by atoms with Gasteiger partial charge in [0.05, 0.1) is 0 Å². The number of fused-ring (bicyclic) bond motifs is 1. The SMILES string of the molecule is O=c1[nH]c2ncnn2cc1Cc1ccc(-c2ccccc2-c2nn[nH]n2)cc1. The van der Waals surface area contributed by atoms with Crippen molar-refractivity contribution in [2.75, 3.05) is 0 Å². The molecule has 9 nitrogen and oxygen atoms in total. The summed E-state index contributed by atoms with van der Waals surface area (Å²) in [6.07, 6.45) is 3.61. The second kappa shape index (κ2) is 6.54. The lowest BCUT2D eigenvalue weighted by molar-refractivity contribution is 0.881. The largest absolute Gasteiger partial charge is 0.291 e. The zero-order chi connectivity index (χ0) is 18.9. The fourth-order valence-electron chi connectivity index (χ4n) is 3.18. The van der Waals surface area contributed by atoms with Crippen molar-refractivity contribution in [2.24, 2.45) is 0 Å². The van der Waals surface area contributed by atoms with Gasteiger partial charge in [-0.1, -0.05) is 48.5 Å². The first kappa shape index (κ1) is 16.1. The molecule has 3 heterocycles. The third-order valence-electron chi connectivity index (χ3n) is 4.54. The number of rotatable bonds is 4. The number of hydrogen-bond donors (Lipinski definition) is 2. The summed E-state index contributed by atoms with van der Waals surface area (Å²) in [7, 11) is 0. The predicted octanol–water partition coefficient (Wildman–Crippen LogP) is 1.86. The van der Waals surface area contributed by atoms with Crippen molar-refractivity contribution in [3.8, 4) is 22.5 Å². The van der Waals surface area contributed by atoms with Crippen molar-refractivity contribution >= 4 is 5.78 Å². The summed E-state index contributed by atoms with van der Waals surface area (Å²) >= 11 is 0. The van der Waals surface area contributed by atoms with E-state index in [1.165, 1.54) is 6.33 Å². The fourth-order valence-corrected chi connectivity index (χ4v) is 3.18. The number of aromatic amines is 2. The van der Waals surface area contributed by atoms with E-state index in [0.717, 1.165) is 22.3 Å². The Morgan fingerprint density at radius 2 is 1.82 bits per heavy atom. The smallest absolute Gasteiger partial charge is 0.255 e. The maximum absolute atomic E-state index is 12.2. The lowest BCUT2D eigenvalue weighted by atomic mass is 9.97. The molecule has 3 aromatic heterocycles. The van der Waals surface area contributed by atoms with Gasteiger partial charge in [0, 0.05) is 23.7 Å². The summed E-state index contributed by atoms with van der Waals surface area (Å²) < 4.78 is 1.56. The highest BCUT2D eigenvalue weighted by Crippen LogP contribution is 2.29. The minimum atomic E-state index is -0.160. The number of hydrogen-bond acceptors (Lipinski definition) is 6. The molecule has 0 saturated carbocycles. The molecule has 0 amide bonds. The summed E-state index contributed by atoms with van der Waals surface area (Å²) in [5.74, 6) is 0.981. The maximum Gasteiger partial charge on any atom is 0.255 e. The van der Waals surface area contributed by atoms with Crippen molar-refractivity contribution in [3.63, 3.8) is 0 Å². The van der Waals surface area contributed by atoms with Crippen molar-refractivity contribution in [2.45, 2.75) is 6.42 Å². The van der Waals surface area contributed by atoms with E-state index in [0.29, 0.717) is 23.6 Å². The van der Waals surface area contributed by atoms with Crippen LogP contribution in [-0.2, 0) is 6.42 Å². The molecule has 0 bridgehead atoms. The summed E-state index contributed by atoms with van der Waals surface area (Å²) in [6, 6.07) is 16.0. The Labute approximate surface area is 158 Å². The van der Waals surface area contributed by atoms with Gasteiger partial charge in [-0.15, -0.1) is 10.2 Å². The van der Waals surface area contributed by atoms with Gasteiger partial charge in [0.25, 0.3) is 5.56 Å². The van der Waals surface area contributed by atoms with E-state index in [1.807, 2.05) is 48.5 Å². The van der Waals surface area contributed by atoms with Gasteiger partial charge in [0.15, 0.2) is 0 Å². The number of tetrazole rings is 1. The summed E-state index contributed by atoms with van der Waals surface area (Å²) in [5, 5.41) is 18.3. The molecule has 2 aromatic carbocycles. The molecule has 0 spiro atoms. The monoisotopic (exact) mass is 370 g/mol. The number of H-pyrrole nitrogens is 2. The van der Waals surface area contributed by atoms with Crippen LogP contribution in [0.2, 0.25) is 0 Å². The zero-order valence-corrected chi connectivity index (χ0v) is 14.6. The van der Waals surface area contributed by atoms with E-state index in [2.05, 4.69) is 35.7 Å². The second-order valence-corrected chi connectivity index (χ2v) is 6.29. The van der Waals surface area contributed by atoms with Gasteiger partial charge in [0.1, 0.15) is 6.33 Å². The zero-order valence-electron chi connectivity index (χ0n) is 14.6. The quantitative estimate of drug-likeness (QED) is 0.499. The molecule has 2 N–H and O–H groups in total. The Hall–Kier alpha value is -4.14. The average molecular weight is 370 g/mol. The third-order valence-corrected chi connectivity index (χ3v) is 4.54. The van der Waals surface area contributed by atoms with Crippen molar-refractivity contribution in [3.05, 3.63) is 82.5 Å². The fraction of sp³-hybridized carbons (Fsp3) is 0.0526. The molecular weight excluding hydrogens is 356 g/mol. The van der Waals surface area contributed by atoms with E-state index in [9.17, 15) is 4.79 Å². The van der Waals surface area contributed by atoms with E-state index in [-0.39, 0.29) is 5.56 Å². The lowest BCUT2D eigenvalue weighted by Crippen LogP contribution is -2.15. The van der Waals surface area contributed by atoms with Crippen LogP contribution in [0.3, 0.4) is 0 Å². The Morgan fingerprint density at radius 1 is 1.00 bits per heavy atom. The first-order chi connectivity index (χ1) is 13.8. The number of nitrogens with zero attached hydrogens (tertiary/aromatic N) is 6. The molecule has 0 aliphatic carbocycles. The molecule has 5 aromatic rings. The molecule has 136 valence electrons. The summed E-state index contributed by atoms with van der Waals surface area (Å²) in [6.45, 7) is 0. The van der Waals surface area contributed by atoms with Crippen LogP contribution in [0, 0.1) is 0 Å². The molecule has 5 rings (SSSR count). The van der Waals surface area contributed by atoms with E-state index >= 15 is 0 Å². The number of nitrogens with one attached hydrogen (secondary N) is 2. The average Bonchev–Trinajstić information content (AvgIpc) is 3.41. The molecule has 0 aliphatic heterocycles. The molecule has 28 heavy (non-hydrogen) atoms. The molecule has 0 fully saturated rings. The van der Waals surface area contributed by atoms with Crippen LogP contribution in [0.5, 0.6) is 0 Å².